The van der Waals surface area contributed by atoms with E-state index in [4.69, 9.17) is 9.26 Å². The molecular weight excluding hydrogens is 423 g/mol. The number of aromatic nitrogens is 2. The molecule has 3 rings (SSSR count). The smallest absolute Gasteiger partial charge is 0.223 e. The van der Waals surface area contributed by atoms with Crippen molar-refractivity contribution in [3.05, 3.63) is 11.7 Å². The lowest BCUT2D eigenvalue weighted by Gasteiger charge is -2.32. The Balaban J connectivity index is 0.00000208. The Labute approximate surface area is 160 Å². The molecule has 0 radical (unpaired) electrons. The second-order valence-corrected chi connectivity index (χ2v) is 5.94. The average molecular weight is 450 g/mol. The van der Waals surface area contributed by atoms with Crippen LogP contribution in [0.3, 0.4) is 0 Å². The molecule has 8 nitrogen and oxygen atoms in total. The molecule has 136 valence electrons. The predicted molar refractivity (Wildman–Crippen MR) is 102 cm³/mol. The molecule has 2 aliphatic heterocycles. The molecule has 1 aromatic rings. The summed E-state index contributed by atoms with van der Waals surface area (Å²) in [6.07, 6.45) is 1.17. The number of rotatable bonds is 4. The molecule has 1 atom stereocenters. The van der Waals surface area contributed by atoms with Gasteiger partial charge in [-0.2, -0.15) is 4.98 Å². The largest absolute Gasteiger partial charge is 0.379 e. The first kappa shape index (κ1) is 19.4. The monoisotopic (exact) mass is 450 g/mol. The summed E-state index contributed by atoms with van der Waals surface area (Å²) >= 11 is 0. The van der Waals surface area contributed by atoms with Crippen LogP contribution >= 0.6 is 24.0 Å². The molecule has 3 heterocycles. The Kier molecular flexibility index (Phi) is 7.69. The highest BCUT2D eigenvalue weighted by Gasteiger charge is 2.30. The maximum atomic E-state index is 5.45. The van der Waals surface area contributed by atoms with Gasteiger partial charge in [0.15, 0.2) is 11.8 Å². The number of guanidine groups is 1. The summed E-state index contributed by atoms with van der Waals surface area (Å²) < 4.78 is 10.4. The second-order valence-electron chi connectivity index (χ2n) is 5.94. The fourth-order valence-electron chi connectivity index (χ4n) is 3.15. The SMILES string of the molecule is CCNC(=NCc1noc(C)n1)N1CCC(N2CCOCC2)C1.I. The first-order valence-electron chi connectivity index (χ1n) is 8.40. The number of hydrogen-bond donors (Lipinski definition) is 1. The second kappa shape index (κ2) is 9.52. The Morgan fingerprint density at radius 1 is 1.33 bits per heavy atom. The first-order valence-corrected chi connectivity index (χ1v) is 8.40. The van der Waals surface area contributed by atoms with E-state index in [1.54, 1.807) is 6.92 Å². The molecule has 1 unspecified atom stereocenters. The zero-order valence-electron chi connectivity index (χ0n) is 14.4. The Hall–Kier alpha value is -0.940. The van der Waals surface area contributed by atoms with Gasteiger partial charge >= 0.3 is 0 Å². The highest BCUT2D eigenvalue weighted by atomic mass is 127. The number of aliphatic imine (C=N–C) groups is 1. The van der Waals surface area contributed by atoms with Crippen LogP contribution in [-0.2, 0) is 11.3 Å². The van der Waals surface area contributed by atoms with Crippen LogP contribution in [-0.4, -0.2) is 77.9 Å². The van der Waals surface area contributed by atoms with Crippen LogP contribution < -0.4 is 5.32 Å². The molecule has 2 fully saturated rings. The Bertz CT molecular complexity index is 532. The minimum atomic E-state index is 0. The number of likely N-dealkylation sites (tertiary alicyclic amines) is 1. The van der Waals surface area contributed by atoms with E-state index in [0.717, 1.165) is 51.9 Å². The molecule has 2 saturated heterocycles. The lowest BCUT2D eigenvalue weighted by molar-refractivity contribution is 0.0195. The molecule has 0 aromatic carbocycles. The summed E-state index contributed by atoms with van der Waals surface area (Å²) in [6.45, 7) is 11.0. The number of halogens is 1. The summed E-state index contributed by atoms with van der Waals surface area (Å²) in [7, 11) is 0. The lowest BCUT2D eigenvalue weighted by Crippen LogP contribution is -2.46. The topological polar surface area (TPSA) is 79.0 Å². The lowest BCUT2D eigenvalue weighted by atomic mass is 10.2. The van der Waals surface area contributed by atoms with Gasteiger partial charge in [0, 0.05) is 45.7 Å². The van der Waals surface area contributed by atoms with E-state index >= 15 is 0 Å². The molecule has 24 heavy (non-hydrogen) atoms. The van der Waals surface area contributed by atoms with Gasteiger partial charge in [-0.1, -0.05) is 5.16 Å². The van der Waals surface area contributed by atoms with Gasteiger partial charge in [-0.15, -0.1) is 24.0 Å². The van der Waals surface area contributed by atoms with Crippen molar-refractivity contribution in [2.75, 3.05) is 45.9 Å². The summed E-state index contributed by atoms with van der Waals surface area (Å²) in [6, 6.07) is 0.593. The van der Waals surface area contributed by atoms with Crippen LogP contribution in [0.4, 0.5) is 0 Å². The first-order chi connectivity index (χ1) is 11.3. The standard InChI is InChI=1S/C15H26N6O2.HI/c1-3-16-15(17-10-14-18-12(2)23-19-14)21-5-4-13(11-21)20-6-8-22-9-7-20;/h13H,3-11H2,1-2H3,(H,16,17);1H. The van der Waals surface area contributed by atoms with Crippen molar-refractivity contribution in [2.45, 2.75) is 32.9 Å². The van der Waals surface area contributed by atoms with Gasteiger partial charge in [-0.05, 0) is 13.3 Å². The molecule has 0 amide bonds. The van der Waals surface area contributed by atoms with E-state index in [-0.39, 0.29) is 24.0 Å². The predicted octanol–water partition coefficient (Wildman–Crippen LogP) is 0.868. The maximum absolute atomic E-state index is 5.45. The number of nitrogens with zero attached hydrogens (tertiary/aromatic N) is 5. The number of ether oxygens (including phenoxy) is 1. The number of morpholine rings is 1. The fourth-order valence-corrected chi connectivity index (χ4v) is 3.15. The minimum Gasteiger partial charge on any atom is -0.379 e. The van der Waals surface area contributed by atoms with Gasteiger partial charge < -0.3 is 19.5 Å². The van der Waals surface area contributed by atoms with E-state index in [9.17, 15) is 0 Å². The van der Waals surface area contributed by atoms with Gasteiger partial charge in [0.25, 0.3) is 0 Å². The van der Waals surface area contributed by atoms with Crippen molar-refractivity contribution < 1.29 is 9.26 Å². The third-order valence-electron chi connectivity index (χ3n) is 4.30. The van der Waals surface area contributed by atoms with E-state index in [1.807, 2.05) is 0 Å². The molecule has 0 spiro atoms. The average Bonchev–Trinajstić information content (AvgIpc) is 3.21. The Morgan fingerprint density at radius 3 is 2.79 bits per heavy atom. The highest BCUT2D eigenvalue weighted by Crippen LogP contribution is 2.17. The van der Waals surface area contributed by atoms with Crippen LogP contribution in [0.15, 0.2) is 9.52 Å². The fraction of sp³-hybridized carbons (Fsp3) is 0.800. The normalized spacial score (nSPS) is 22.5. The van der Waals surface area contributed by atoms with Crippen LogP contribution in [0, 0.1) is 6.92 Å². The Morgan fingerprint density at radius 2 is 2.12 bits per heavy atom. The van der Waals surface area contributed by atoms with Crippen molar-refractivity contribution in [1.29, 1.82) is 0 Å². The van der Waals surface area contributed by atoms with E-state index in [0.29, 0.717) is 24.3 Å². The van der Waals surface area contributed by atoms with Crippen molar-refractivity contribution in [3.63, 3.8) is 0 Å². The van der Waals surface area contributed by atoms with Gasteiger partial charge in [0.2, 0.25) is 5.89 Å². The zero-order valence-corrected chi connectivity index (χ0v) is 16.7. The van der Waals surface area contributed by atoms with Crippen molar-refractivity contribution in [1.82, 2.24) is 25.3 Å². The molecule has 0 aliphatic carbocycles. The number of hydrogen-bond acceptors (Lipinski definition) is 6. The quantitative estimate of drug-likeness (QED) is 0.414. The molecular formula is C15H27IN6O2. The van der Waals surface area contributed by atoms with Gasteiger partial charge in [-0.25, -0.2) is 4.99 Å². The van der Waals surface area contributed by atoms with Crippen LogP contribution in [0.25, 0.3) is 0 Å². The zero-order chi connectivity index (χ0) is 16.1. The van der Waals surface area contributed by atoms with E-state index < -0.39 is 0 Å². The van der Waals surface area contributed by atoms with Crippen molar-refractivity contribution >= 4 is 29.9 Å². The van der Waals surface area contributed by atoms with Gasteiger partial charge in [-0.3, -0.25) is 4.90 Å². The van der Waals surface area contributed by atoms with Gasteiger partial charge in [0.1, 0.15) is 6.54 Å². The van der Waals surface area contributed by atoms with Gasteiger partial charge in [0.05, 0.1) is 13.2 Å². The molecule has 2 aliphatic rings. The number of nitrogens with one attached hydrogen (secondary N) is 1. The maximum Gasteiger partial charge on any atom is 0.223 e. The van der Waals surface area contributed by atoms with E-state index in [1.165, 1.54) is 6.42 Å². The molecule has 0 bridgehead atoms. The highest BCUT2D eigenvalue weighted by molar-refractivity contribution is 14.0. The van der Waals surface area contributed by atoms with Crippen LogP contribution in [0.5, 0.6) is 0 Å². The van der Waals surface area contributed by atoms with Crippen molar-refractivity contribution in [3.8, 4) is 0 Å². The van der Waals surface area contributed by atoms with E-state index in [2.05, 4.69) is 37.2 Å². The van der Waals surface area contributed by atoms with Crippen LogP contribution in [0.2, 0.25) is 0 Å². The molecule has 9 heteroatoms. The summed E-state index contributed by atoms with van der Waals surface area (Å²) in [5, 5.41) is 7.27. The summed E-state index contributed by atoms with van der Waals surface area (Å²) in [5.74, 6) is 2.14. The number of aryl methyl sites for hydroxylation is 1. The molecule has 1 N–H and O–H groups in total. The summed E-state index contributed by atoms with van der Waals surface area (Å²) in [4.78, 5) is 13.7. The third kappa shape index (κ3) is 5.03. The third-order valence-corrected chi connectivity index (χ3v) is 4.30. The minimum absolute atomic E-state index is 0. The molecule has 1 aromatic heterocycles. The van der Waals surface area contributed by atoms with Crippen molar-refractivity contribution in [2.24, 2.45) is 4.99 Å². The van der Waals surface area contributed by atoms with Crippen LogP contribution in [0.1, 0.15) is 25.1 Å². The molecule has 0 saturated carbocycles. The summed E-state index contributed by atoms with van der Waals surface area (Å²) in [5.41, 5.74) is 0.